The Morgan fingerprint density at radius 1 is 1.28 bits per heavy atom. The Labute approximate surface area is 211 Å². The van der Waals surface area contributed by atoms with Crippen LogP contribution >= 0.6 is 0 Å². The number of anilines is 2. The first-order chi connectivity index (χ1) is 17.5. The van der Waals surface area contributed by atoms with Crippen LogP contribution in [-0.2, 0) is 40.7 Å². The zero-order valence-corrected chi connectivity index (χ0v) is 21.3. The van der Waals surface area contributed by atoms with Gasteiger partial charge in [-0.15, -0.1) is 0 Å². The molecule has 9 heteroatoms. The largest absolute Gasteiger partial charge is 0.379 e. The van der Waals surface area contributed by atoms with Crippen LogP contribution in [0.25, 0.3) is 11.1 Å². The number of aromatic nitrogens is 4. The summed E-state index contributed by atoms with van der Waals surface area (Å²) in [5, 5.41) is 9.57. The van der Waals surface area contributed by atoms with E-state index in [-0.39, 0.29) is 18.1 Å². The Morgan fingerprint density at radius 2 is 2.17 bits per heavy atom. The van der Waals surface area contributed by atoms with Gasteiger partial charge in [-0.1, -0.05) is 6.07 Å². The second-order valence-corrected chi connectivity index (χ2v) is 10.0. The fourth-order valence-corrected chi connectivity index (χ4v) is 5.85. The molecular formula is C27H34N6O3. The fraction of sp³-hybridized carbons (Fsp3) is 0.519. The van der Waals surface area contributed by atoms with E-state index in [9.17, 15) is 4.79 Å². The lowest BCUT2D eigenvalue weighted by atomic mass is 9.95. The number of ether oxygens (including phenoxy) is 2. The van der Waals surface area contributed by atoms with Gasteiger partial charge < -0.3 is 19.3 Å². The molecule has 6 rings (SSSR count). The van der Waals surface area contributed by atoms with E-state index in [1.54, 1.807) is 6.92 Å². The lowest BCUT2D eigenvalue weighted by Gasteiger charge is -2.36. The monoisotopic (exact) mass is 490 g/mol. The van der Waals surface area contributed by atoms with E-state index in [0.29, 0.717) is 19.8 Å². The van der Waals surface area contributed by atoms with Crippen molar-refractivity contribution in [2.75, 3.05) is 37.8 Å². The molecule has 1 saturated heterocycles. The first kappa shape index (κ1) is 23.2. The predicted molar refractivity (Wildman–Crippen MR) is 136 cm³/mol. The Morgan fingerprint density at radius 3 is 2.89 bits per heavy atom. The maximum absolute atomic E-state index is 12.3. The quantitative estimate of drug-likeness (QED) is 0.547. The molecule has 2 atom stereocenters. The number of nitrogens with zero attached hydrogens (tertiary/aromatic N) is 6. The summed E-state index contributed by atoms with van der Waals surface area (Å²) in [6.07, 6.45) is 6.65. The van der Waals surface area contributed by atoms with Crippen LogP contribution < -0.4 is 4.90 Å². The third kappa shape index (κ3) is 4.10. The number of hydrogen-bond donors (Lipinski definition) is 0. The van der Waals surface area contributed by atoms with E-state index in [0.717, 1.165) is 67.2 Å². The number of aryl methyl sites for hydroxylation is 1. The number of benzene rings is 1. The summed E-state index contributed by atoms with van der Waals surface area (Å²) in [6, 6.07) is 6.88. The topological polar surface area (TPSA) is 77.7 Å². The van der Waals surface area contributed by atoms with Crippen LogP contribution in [0.2, 0.25) is 0 Å². The van der Waals surface area contributed by atoms with Gasteiger partial charge in [-0.25, -0.2) is 0 Å². The Balaban J connectivity index is 1.45. The van der Waals surface area contributed by atoms with E-state index in [1.807, 2.05) is 35.9 Å². The van der Waals surface area contributed by atoms with Crippen molar-refractivity contribution >= 4 is 17.4 Å². The Bertz CT molecular complexity index is 1270. The summed E-state index contributed by atoms with van der Waals surface area (Å²) in [5.41, 5.74) is 7.05. The molecule has 0 radical (unpaired) electrons. The highest BCUT2D eigenvalue weighted by atomic mass is 16.5. The number of hydrogen-bond acceptors (Lipinski definition) is 6. The van der Waals surface area contributed by atoms with Gasteiger partial charge in [-0.3, -0.25) is 14.2 Å². The molecule has 1 unspecified atom stereocenters. The fourth-order valence-electron chi connectivity index (χ4n) is 5.85. The molecule has 0 N–H and O–H groups in total. The van der Waals surface area contributed by atoms with Crippen molar-refractivity contribution in [3.8, 4) is 11.1 Å². The van der Waals surface area contributed by atoms with Crippen LogP contribution in [-0.4, -0.2) is 69.4 Å². The molecule has 0 spiro atoms. The summed E-state index contributed by atoms with van der Waals surface area (Å²) in [4.78, 5) is 16.6. The average molecular weight is 491 g/mol. The number of carbonyl (C=O) groups is 1. The van der Waals surface area contributed by atoms with Crippen LogP contribution in [0.15, 0.2) is 30.6 Å². The van der Waals surface area contributed by atoms with Crippen molar-refractivity contribution in [2.24, 2.45) is 7.05 Å². The molecule has 190 valence electrons. The van der Waals surface area contributed by atoms with Gasteiger partial charge in [0.25, 0.3) is 0 Å². The zero-order chi connectivity index (χ0) is 24.8. The van der Waals surface area contributed by atoms with Gasteiger partial charge in [0.2, 0.25) is 5.91 Å². The van der Waals surface area contributed by atoms with Crippen LogP contribution in [0.1, 0.15) is 43.1 Å². The summed E-state index contributed by atoms with van der Waals surface area (Å²) in [7, 11) is 1.94. The van der Waals surface area contributed by atoms with Crippen molar-refractivity contribution in [3.63, 3.8) is 0 Å². The molecule has 0 aliphatic carbocycles. The number of rotatable bonds is 5. The highest BCUT2D eigenvalue weighted by Crippen LogP contribution is 2.41. The first-order valence-corrected chi connectivity index (χ1v) is 13.0. The van der Waals surface area contributed by atoms with Crippen LogP contribution in [0.5, 0.6) is 0 Å². The van der Waals surface area contributed by atoms with E-state index in [2.05, 4.69) is 32.9 Å². The molecule has 1 amide bonds. The second-order valence-electron chi connectivity index (χ2n) is 10.0. The van der Waals surface area contributed by atoms with Gasteiger partial charge >= 0.3 is 0 Å². The van der Waals surface area contributed by atoms with Gasteiger partial charge in [0.1, 0.15) is 0 Å². The van der Waals surface area contributed by atoms with E-state index < -0.39 is 0 Å². The Hall–Kier alpha value is -3.17. The normalized spacial score (nSPS) is 21.5. The van der Waals surface area contributed by atoms with Crippen LogP contribution in [0.3, 0.4) is 0 Å². The number of carbonyl (C=O) groups excluding carboxylic acids is 1. The van der Waals surface area contributed by atoms with Crippen molar-refractivity contribution in [2.45, 2.75) is 51.8 Å². The molecule has 3 aromatic rings. The third-order valence-electron chi connectivity index (χ3n) is 7.66. The van der Waals surface area contributed by atoms with Gasteiger partial charge in [-0.05, 0) is 36.6 Å². The van der Waals surface area contributed by atoms with Crippen LogP contribution in [0, 0.1) is 0 Å². The maximum Gasteiger partial charge on any atom is 0.219 e. The summed E-state index contributed by atoms with van der Waals surface area (Å²) >= 11 is 0. The lowest BCUT2D eigenvalue weighted by molar-refractivity contribution is -0.129. The molecule has 9 nitrogen and oxygen atoms in total. The number of fused-ring (bicyclic) bond motifs is 2. The third-order valence-corrected chi connectivity index (χ3v) is 7.66. The maximum atomic E-state index is 12.3. The molecule has 36 heavy (non-hydrogen) atoms. The predicted octanol–water partition coefficient (Wildman–Crippen LogP) is 3.25. The van der Waals surface area contributed by atoms with Crippen molar-refractivity contribution in [1.82, 2.24) is 24.5 Å². The molecule has 5 heterocycles. The van der Waals surface area contributed by atoms with E-state index in [1.165, 1.54) is 11.3 Å². The zero-order valence-electron chi connectivity index (χ0n) is 21.3. The van der Waals surface area contributed by atoms with Crippen LogP contribution in [0.4, 0.5) is 11.5 Å². The lowest BCUT2D eigenvalue weighted by Crippen LogP contribution is -2.39. The SMILES string of the molecule is CCOC1Cc2cc(-c3cnn(C)c3)ccc2N(c2nn([C@H]3CCOC3)c3c2CN(C(C)=O)CC3)C1. The molecule has 1 aromatic carbocycles. The molecule has 3 aliphatic rings. The van der Waals surface area contributed by atoms with E-state index >= 15 is 0 Å². The van der Waals surface area contributed by atoms with E-state index in [4.69, 9.17) is 14.6 Å². The Kier molecular flexibility index (Phi) is 6.05. The molecule has 0 saturated carbocycles. The first-order valence-electron chi connectivity index (χ1n) is 13.0. The highest BCUT2D eigenvalue weighted by Gasteiger charge is 2.35. The smallest absolute Gasteiger partial charge is 0.219 e. The summed E-state index contributed by atoms with van der Waals surface area (Å²) < 4.78 is 15.9. The van der Waals surface area contributed by atoms with Gasteiger partial charge in [-0.2, -0.15) is 10.2 Å². The second kappa shape index (κ2) is 9.37. The van der Waals surface area contributed by atoms with Gasteiger partial charge in [0, 0.05) is 75.3 Å². The molecular weight excluding hydrogens is 456 g/mol. The minimum Gasteiger partial charge on any atom is -0.379 e. The standard InChI is InChI=1S/C27H34N6O3/c1-4-36-23-12-20-11-19(21-13-28-30(3)14-21)5-6-25(20)32(15-23)27-24-16-31(18(2)34)9-7-26(24)33(29-27)22-8-10-35-17-22/h5-6,11,13-14,22-23H,4,7-10,12,15-17H2,1-3H3/t22-,23?/m0/s1. The minimum absolute atomic E-state index is 0.0646. The average Bonchev–Trinajstić information content (AvgIpc) is 3.63. The number of amides is 1. The van der Waals surface area contributed by atoms with Gasteiger partial charge in [0.15, 0.2) is 5.82 Å². The molecule has 2 aromatic heterocycles. The molecule has 3 aliphatic heterocycles. The van der Waals surface area contributed by atoms with Crippen molar-refractivity contribution < 1.29 is 14.3 Å². The van der Waals surface area contributed by atoms with Crippen molar-refractivity contribution in [1.29, 1.82) is 0 Å². The van der Waals surface area contributed by atoms with Gasteiger partial charge in [0.05, 0.1) is 38.0 Å². The van der Waals surface area contributed by atoms with Crippen molar-refractivity contribution in [3.05, 3.63) is 47.4 Å². The minimum atomic E-state index is 0.0646. The molecule has 0 bridgehead atoms. The molecule has 1 fully saturated rings. The summed E-state index contributed by atoms with van der Waals surface area (Å²) in [5.74, 6) is 1.05. The summed E-state index contributed by atoms with van der Waals surface area (Å²) in [6.45, 7) is 7.88. The highest BCUT2D eigenvalue weighted by molar-refractivity contribution is 5.76.